The first-order chi connectivity index (χ1) is 12.4. The number of hydrogen-bond donors (Lipinski definition) is 3. The van der Waals surface area contributed by atoms with Crippen LogP contribution in [-0.2, 0) is 9.53 Å². The molecule has 10 nitrogen and oxygen atoms in total. The Morgan fingerprint density at radius 2 is 2.15 bits per heavy atom. The molecule has 1 aliphatic rings. The minimum atomic E-state index is -1.25. The summed E-state index contributed by atoms with van der Waals surface area (Å²) in [5, 5.41) is 37.8. The van der Waals surface area contributed by atoms with Gasteiger partial charge in [-0.15, -0.1) is 5.10 Å². The van der Waals surface area contributed by atoms with Gasteiger partial charge in [-0.25, -0.2) is 19.4 Å². The molecule has 26 heavy (non-hydrogen) atoms. The lowest BCUT2D eigenvalue weighted by atomic mass is 10.2. The maximum Gasteiger partial charge on any atom is 0.329 e. The number of carbonyl (C=O) groups is 1. The van der Waals surface area contributed by atoms with Gasteiger partial charge in [0.15, 0.2) is 21.5 Å². The number of halogens is 1. The molecule has 0 spiro atoms. The third-order valence-corrected chi connectivity index (χ3v) is 5.35. The highest BCUT2D eigenvalue weighted by atomic mass is 35.5. The predicted molar refractivity (Wildman–Crippen MR) is 92.2 cm³/mol. The third kappa shape index (κ3) is 3.76. The third-order valence-electron chi connectivity index (χ3n) is 4.03. The van der Waals surface area contributed by atoms with E-state index in [4.69, 9.17) is 21.4 Å². The van der Waals surface area contributed by atoms with E-state index in [2.05, 4.69) is 20.3 Å². The molecular formula is C14H18ClN5O5S. The summed E-state index contributed by atoms with van der Waals surface area (Å²) in [6.07, 6.45) is -2.19. The largest absolute Gasteiger partial charge is 0.480 e. The van der Waals surface area contributed by atoms with Gasteiger partial charge in [-0.05, 0) is 6.42 Å². The number of ether oxygens (including phenoxy) is 1. The number of fused-ring (bicyclic) bond motifs is 1. The minimum Gasteiger partial charge on any atom is -0.480 e. The molecule has 1 saturated carbocycles. The lowest BCUT2D eigenvalue weighted by molar-refractivity contribution is -0.147. The summed E-state index contributed by atoms with van der Waals surface area (Å²) in [5.41, 5.74) is 0.642. The Bertz CT molecular complexity index is 805. The van der Waals surface area contributed by atoms with Gasteiger partial charge in [0.05, 0.1) is 12.1 Å². The molecule has 0 aromatic carbocycles. The van der Waals surface area contributed by atoms with Crippen molar-refractivity contribution in [3.05, 3.63) is 5.15 Å². The average molecular weight is 404 g/mol. The standard InChI is InChI=1S/C14H18ClN5O5S/c1-2-3-26-14-16-12(15)9-13(17-14)20(19-18-9)6-4-7(11(24)10(6)23)25-5-8(21)22/h6-7,10-11,23-24H,2-5H2,1H3,(H,21,22)/t6-,7+,10+,11+/m1/s1. The zero-order valence-corrected chi connectivity index (χ0v) is 15.4. The number of aliphatic hydroxyl groups excluding tert-OH is 2. The van der Waals surface area contributed by atoms with Crippen molar-refractivity contribution in [1.82, 2.24) is 25.0 Å². The molecule has 12 heteroatoms. The van der Waals surface area contributed by atoms with Crippen molar-refractivity contribution in [3.63, 3.8) is 0 Å². The van der Waals surface area contributed by atoms with Gasteiger partial charge in [0.1, 0.15) is 18.8 Å². The molecule has 0 bridgehead atoms. The number of hydrogen-bond acceptors (Lipinski definition) is 9. The van der Waals surface area contributed by atoms with E-state index in [1.807, 2.05) is 6.92 Å². The van der Waals surface area contributed by atoms with Crippen LogP contribution in [0.1, 0.15) is 25.8 Å². The molecular weight excluding hydrogens is 386 g/mol. The quantitative estimate of drug-likeness (QED) is 0.340. The molecule has 2 aromatic heterocycles. The lowest BCUT2D eigenvalue weighted by Gasteiger charge is -2.16. The molecule has 1 aliphatic carbocycles. The molecule has 1 fully saturated rings. The van der Waals surface area contributed by atoms with Crippen molar-refractivity contribution in [2.75, 3.05) is 12.4 Å². The normalized spacial score (nSPS) is 25.8. The minimum absolute atomic E-state index is 0.159. The van der Waals surface area contributed by atoms with E-state index < -0.39 is 36.9 Å². The molecule has 0 aliphatic heterocycles. The second-order valence-corrected chi connectivity index (χ2v) is 7.30. The van der Waals surface area contributed by atoms with Crippen LogP contribution in [-0.4, -0.2) is 76.9 Å². The SMILES string of the molecule is CCCSc1nc(Cl)c2nnn([C@@H]3C[C@H](OCC(=O)O)[C@H](O)[C@H]3O)c2n1. The Kier molecular flexibility index (Phi) is 5.92. The average Bonchev–Trinajstić information content (AvgIpc) is 3.14. The van der Waals surface area contributed by atoms with Gasteiger partial charge in [0, 0.05) is 12.2 Å². The summed E-state index contributed by atoms with van der Waals surface area (Å²) in [5.74, 6) is -0.335. The highest BCUT2D eigenvalue weighted by Gasteiger charge is 2.44. The van der Waals surface area contributed by atoms with Crippen molar-refractivity contribution >= 4 is 40.5 Å². The van der Waals surface area contributed by atoms with E-state index in [-0.39, 0.29) is 11.6 Å². The number of carboxylic acid groups (broad SMARTS) is 1. The molecule has 142 valence electrons. The Labute approximate surface area is 157 Å². The van der Waals surface area contributed by atoms with Crippen LogP contribution >= 0.6 is 23.4 Å². The Balaban J connectivity index is 1.89. The van der Waals surface area contributed by atoms with E-state index in [0.717, 1.165) is 12.2 Å². The van der Waals surface area contributed by atoms with Gasteiger partial charge in [-0.2, -0.15) is 0 Å². The van der Waals surface area contributed by atoms with Gasteiger partial charge < -0.3 is 20.1 Å². The van der Waals surface area contributed by atoms with E-state index in [1.165, 1.54) is 16.4 Å². The molecule has 3 N–H and O–H groups in total. The summed E-state index contributed by atoms with van der Waals surface area (Å²) in [4.78, 5) is 19.3. The maximum atomic E-state index is 10.7. The summed E-state index contributed by atoms with van der Waals surface area (Å²) < 4.78 is 6.54. The molecule has 3 rings (SSSR count). The molecule has 0 amide bonds. The topological polar surface area (TPSA) is 143 Å². The van der Waals surface area contributed by atoms with Crippen LogP contribution in [0.2, 0.25) is 5.15 Å². The van der Waals surface area contributed by atoms with Crippen molar-refractivity contribution in [3.8, 4) is 0 Å². The highest BCUT2D eigenvalue weighted by molar-refractivity contribution is 7.99. The summed E-state index contributed by atoms with van der Waals surface area (Å²) in [6, 6.07) is -0.677. The van der Waals surface area contributed by atoms with Gasteiger partial charge in [-0.3, -0.25) is 0 Å². The smallest absolute Gasteiger partial charge is 0.329 e. The molecule has 2 aromatic rings. The van der Waals surface area contributed by atoms with E-state index in [9.17, 15) is 15.0 Å². The number of thioether (sulfide) groups is 1. The monoisotopic (exact) mass is 403 g/mol. The second kappa shape index (κ2) is 8.01. The predicted octanol–water partition coefficient (Wildman–Crippen LogP) is 0.513. The first-order valence-corrected chi connectivity index (χ1v) is 9.39. The summed E-state index contributed by atoms with van der Waals surface area (Å²) >= 11 is 7.60. The molecule has 0 unspecified atom stereocenters. The molecule has 4 atom stereocenters. The van der Waals surface area contributed by atoms with Crippen LogP contribution in [0.4, 0.5) is 0 Å². The fourth-order valence-electron chi connectivity index (χ4n) is 2.81. The van der Waals surface area contributed by atoms with E-state index in [0.29, 0.717) is 16.3 Å². The van der Waals surface area contributed by atoms with E-state index in [1.54, 1.807) is 0 Å². The van der Waals surface area contributed by atoms with Crippen LogP contribution in [0.3, 0.4) is 0 Å². The van der Waals surface area contributed by atoms with Crippen molar-refractivity contribution in [1.29, 1.82) is 0 Å². The highest BCUT2D eigenvalue weighted by Crippen LogP contribution is 2.35. The number of aliphatic hydroxyl groups is 2. The van der Waals surface area contributed by atoms with Crippen LogP contribution in [0.15, 0.2) is 5.16 Å². The second-order valence-electron chi connectivity index (χ2n) is 5.88. The van der Waals surface area contributed by atoms with Crippen LogP contribution in [0.5, 0.6) is 0 Å². The number of aromatic nitrogens is 5. The van der Waals surface area contributed by atoms with Crippen LogP contribution in [0, 0.1) is 0 Å². The fourth-order valence-corrected chi connectivity index (χ4v) is 3.76. The van der Waals surface area contributed by atoms with Crippen molar-refractivity contribution in [2.45, 2.75) is 49.3 Å². The number of aliphatic carboxylic acids is 1. The first kappa shape index (κ1) is 19.2. The van der Waals surface area contributed by atoms with Gasteiger partial charge in [0.2, 0.25) is 0 Å². The maximum absolute atomic E-state index is 10.7. The molecule has 0 saturated heterocycles. The van der Waals surface area contributed by atoms with Gasteiger partial charge in [0.25, 0.3) is 0 Å². The number of rotatable bonds is 7. The van der Waals surface area contributed by atoms with Crippen LogP contribution in [0.25, 0.3) is 11.2 Å². The molecule has 0 radical (unpaired) electrons. The van der Waals surface area contributed by atoms with E-state index >= 15 is 0 Å². The summed E-state index contributed by atoms with van der Waals surface area (Å²) in [7, 11) is 0. The first-order valence-electron chi connectivity index (χ1n) is 8.03. The van der Waals surface area contributed by atoms with Gasteiger partial charge in [-0.1, -0.05) is 35.5 Å². The zero-order chi connectivity index (χ0) is 18.8. The lowest BCUT2D eigenvalue weighted by Crippen LogP contribution is -2.33. The van der Waals surface area contributed by atoms with Crippen LogP contribution < -0.4 is 0 Å². The van der Waals surface area contributed by atoms with Crippen molar-refractivity contribution < 1.29 is 24.9 Å². The number of carboxylic acids is 1. The molecule has 2 heterocycles. The summed E-state index contributed by atoms with van der Waals surface area (Å²) in [6.45, 7) is 1.47. The Hall–Kier alpha value is -1.53. The van der Waals surface area contributed by atoms with Gasteiger partial charge >= 0.3 is 5.97 Å². The fraction of sp³-hybridized carbons (Fsp3) is 0.643. The zero-order valence-electron chi connectivity index (χ0n) is 13.8. The Morgan fingerprint density at radius 3 is 2.85 bits per heavy atom. The Morgan fingerprint density at radius 1 is 1.38 bits per heavy atom. The van der Waals surface area contributed by atoms with Crippen molar-refractivity contribution in [2.24, 2.45) is 0 Å². The number of nitrogens with zero attached hydrogens (tertiary/aromatic N) is 5.